The minimum atomic E-state index is 0.554. The second kappa shape index (κ2) is 5.84. The maximum atomic E-state index is 8.81. The summed E-state index contributed by atoms with van der Waals surface area (Å²) in [6, 6.07) is 0. The second-order valence-electron chi connectivity index (χ2n) is 6.41. The lowest BCUT2D eigenvalue weighted by atomic mass is 9.57. The summed E-state index contributed by atoms with van der Waals surface area (Å²) in [5, 5.41) is 0. The van der Waals surface area contributed by atoms with Crippen LogP contribution in [0.1, 0.15) is 60.3 Å². The molecule has 0 heterocycles. The van der Waals surface area contributed by atoms with Gasteiger partial charge in [0.2, 0.25) is 0 Å². The first-order chi connectivity index (χ1) is 7.94. The van der Waals surface area contributed by atoms with Gasteiger partial charge in [0.25, 0.3) is 0 Å². The second-order valence-corrected chi connectivity index (χ2v) is 6.41. The van der Waals surface area contributed by atoms with Gasteiger partial charge in [-0.2, -0.15) is 0 Å². The third kappa shape index (κ3) is 3.20. The Labute approximate surface area is 107 Å². The van der Waals surface area contributed by atoms with Crippen LogP contribution in [0.3, 0.4) is 0 Å². The number of rotatable bonds is 0. The lowest BCUT2D eigenvalue weighted by Gasteiger charge is -2.48. The van der Waals surface area contributed by atoms with Crippen molar-refractivity contribution < 1.29 is 4.79 Å². The SMILES string of the molecule is CC1CC=C2CCCC(C)(C)C2C1C.CC=O. The molecule has 0 aromatic carbocycles. The van der Waals surface area contributed by atoms with E-state index in [1.165, 1.54) is 32.6 Å². The van der Waals surface area contributed by atoms with Crippen LogP contribution in [0.2, 0.25) is 0 Å². The van der Waals surface area contributed by atoms with Crippen molar-refractivity contribution in [1.29, 1.82) is 0 Å². The molecule has 2 aliphatic rings. The van der Waals surface area contributed by atoms with E-state index < -0.39 is 0 Å². The van der Waals surface area contributed by atoms with E-state index in [4.69, 9.17) is 4.79 Å². The highest BCUT2D eigenvalue weighted by atomic mass is 16.1. The molecule has 1 saturated carbocycles. The molecule has 3 atom stereocenters. The van der Waals surface area contributed by atoms with Crippen molar-refractivity contribution in [3.63, 3.8) is 0 Å². The van der Waals surface area contributed by atoms with Crippen molar-refractivity contribution in [3.8, 4) is 0 Å². The van der Waals surface area contributed by atoms with Gasteiger partial charge in [0.1, 0.15) is 6.29 Å². The average molecular weight is 236 g/mol. The molecule has 2 aliphatic carbocycles. The summed E-state index contributed by atoms with van der Waals surface area (Å²) in [6.07, 6.45) is 8.84. The van der Waals surface area contributed by atoms with E-state index in [2.05, 4.69) is 33.8 Å². The summed E-state index contributed by atoms with van der Waals surface area (Å²) < 4.78 is 0. The van der Waals surface area contributed by atoms with E-state index in [9.17, 15) is 0 Å². The predicted molar refractivity (Wildman–Crippen MR) is 73.9 cm³/mol. The van der Waals surface area contributed by atoms with Crippen LogP contribution in [0.4, 0.5) is 0 Å². The summed E-state index contributed by atoms with van der Waals surface area (Å²) in [6.45, 7) is 11.3. The van der Waals surface area contributed by atoms with Gasteiger partial charge in [0.05, 0.1) is 0 Å². The van der Waals surface area contributed by atoms with Crippen LogP contribution < -0.4 is 0 Å². The lowest BCUT2D eigenvalue weighted by molar-refractivity contribution is -0.106. The lowest BCUT2D eigenvalue weighted by Crippen LogP contribution is -2.38. The number of allylic oxidation sites excluding steroid dienone is 2. The number of hydrogen-bond acceptors (Lipinski definition) is 1. The molecule has 98 valence electrons. The van der Waals surface area contributed by atoms with Gasteiger partial charge in [-0.15, -0.1) is 0 Å². The van der Waals surface area contributed by atoms with Gasteiger partial charge < -0.3 is 4.79 Å². The Bertz CT molecular complexity index is 288. The Morgan fingerprint density at radius 1 is 1.35 bits per heavy atom. The first-order valence-corrected chi connectivity index (χ1v) is 7.02. The highest BCUT2D eigenvalue weighted by Gasteiger charge is 2.41. The molecule has 3 unspecified atom stereocenters. The molecule has 0 N–H and O–H groups in total. The summed E-state index contributed by atoms with van der Waals surface area (Å²) in [5.41, 5.74) is 2.34. The van der Waals surface area contributed by atoms with E-state index in [0.29, 0.717) is 5.41 Å². The van der Waals surface area contributed by atoms with Crippen molar-refractivity contribution in [1.82, 2.24) is 0 Å². The van der Waals surface area contributed by atoms with Gasteiger partial charge in [-0.25, -0.2) is 0 Å². The highest BCUT2D eigenvalue weighted by molar-refractivity contribution is 5.44. The number of carbonyl (C=O) groups excluding carboxylic acids is 1. The molecule has 0 radical (unpaired) electrons. The quantitative estimate of drug-likeness (QED) is 0.443. The van der Waals surface area contributed by atoms with E-state index in [0.717, 1.165) is 24.0 Å². The Morgan fingerprint density at radius 3 is 2.53 bits per heavy atom. The van der Waals surface area contributed by atoms with Crippen LogP contribution in [0.25, 0.3) is 0 Å². The van der Waals surface area contributed by atoms with Gasteiger partial charge >= 0.3 is 0 Å². The Hall–Kier alpha value is -0.590. The molecule has 0 saturated heterocycles. The van der Waals surface area contributed by atoms with Gasteiger partial charge in [-0.1, -0.05) is 39.3 Å². The molecule has 2 rings (SSSR count). The minimum absolute atomic E-state index is 0.554. The van der Waals surface area contributed by atoms with Gasteiger partial charge in [-0.05, 0) is 55.8 Å². The molecule has 1 nitrogen and oxygen atoms in total. The normalized spacial score (nSPS) is 34.9. The minimum Gasteiger partial charge on any atom is -0.304 e. The maximum absolute atomic E-state index is 8.81. The number of fused-ring (bicyclic) bond motifs is 1. The highest BCUT2D eigenvalue weighted by Crippen LogP contribution is 2.51. The molecule has 1 fully saturated rings. The zero-order chi connectivity index (χ0) is 13.1. The van der Waals surface area contributed by atoms with Gasteiger partial charge in [0.15, 0.2) is 0 Å². The fourth-order valence-electron chi connectivity index (χ4n) is 3.72. The van der Waals surface area contributed by atoms with Crippen LogP contribution in [0.15, 0.2) is 11.6 Å². The molecule has 0 bridgehead atoms. The molecule has 0 spiro atoms. The van der Waals surface area contributed by atoms with Crippen LogP contribution in [0.5, 0.6) is 0 Å². The Morgan fingerprint density at radius 2 is 1.94 bits per heavy atom. The first-order valence-electron chi connectivity index (χ1n) is 7.02. The van der Waals surface area contributed by atoms with Crippen molar-refractivity contribution in [2.24, 2.45) is 23.2 Å². The third-order valence-corrected chi connectivity index (χ3v) is 4.70. The monoisotopic (exact) mass is 236 g/mol. The van der Waals surface area contributed by atoms with E-state index >= 15 is 0 Å². The third-order valence-electron chi connectivity index (χ3n) is 4.70. The molecular formula is C16H28O. The number of aldehydes is 1. The Kier molecular flexibility index (Phi) is 4.97. The molecule has 0 aromatic heterocycles. The fraction of sp³-hybridized carbons (Fsp3) is 0.812. The average Bonchev–Trinajstić information content (AvgIpc) is 2.23. The van der Waals surface area contributed by atoms with Gasteiger partial charge in [-0.3, -0.25) is 0 Å². The number of carbonyl (C=O) groups is 1. The van der Waals surface area contributed by atoms with Gasteiger partial charge in [0, 0.05) is 0 Å². The summed E-state index contributed by atoms with van der Waals surface area (Å²) in [7, 11) is 0. The molecule has 0 aliphatic heterocycles. The zero-order valence-corrected chi connectivity index (χ0v) is 12.1. The molecule has 0 amide bonds. The van der Waals surface area contributed by atoms with Crippen molar-refractivity contribution in [3.05, 3.63) is 11.6 Å². The van der Waals surface area contributed by atoms with Crippen LogP contribution in [-0.4, -0.2) is 6.29 Å². The Balaban J connectivity index is 0.000000437. The molecule has 17 heavy (non-hydrogen) atoms. The topological polar surface area (TPSA) is 17.1 Å². The van der Waals surface area contributed by atoms with E-state index in [1.54, 1.807) is 5.57 Å². The smallest absolute Gasteiger partial charge is 0.116 e. The van der Waals surface area contributed by atoms with Crippen molar-refractivity contribution >= 4 is 6.29 Å². The largest absolute Gasteiger partial charge is 0.304 e. The summed E-state index contributed by atoms with van der Waals surface area (Å²) >= 11 is 0. The summed E-state index contributed by atoms with van der Waals surface area (Å²) in [5.74, 6) is 2.66. The molecule has 1 heteroatoms. The predicted octanol–water partition coefficient (Wildman–Crippen LogP) is 4.62. The maximum Gasteiger partial charge on any atom is 0.116 e. The van der Waals surface area contributed by atoms with Crippen LogP contribution >= 0.6 is 0 Å². The van der Waals surface area contributed by atoms with Crippen molar-refractivity contribution in [2.45, 2.75) is 60.3 Å². The first kappa shape index (κ1) is 14.5. The molecule has 0 aromatic rings. The van der Waals surface area contributed by atoms with E-state index in [1.807, 2.05) is 0 Å². The fourth-order valence-corrected chi connectivity index (χ4v) is 3.72. The van der Waals surface area contributed by atoms with Crippen LogP contribution in [-0.2, 0) is 4.79 Å². The molecular weight excluding hydrogens is 208 g/mol. The van der Waals surface area contributed by atoms with E-state index in [-0.39, 0.29) is 0 Å². The van der Waals surface area contributed by atoms with Crippen LogP contribution in [0, 0.1) is 23.2 Å². The standard InChI is InChI=1S/C14H24.C2H4O/c1-10-7-8-12-6-5-9-14(3,4)13(12)11(10)2;1-2-3/h8,10-11,13H,5-7,9H2,1-4H3;2H,1H3. The van der Waals surface area contributed by atoms with Crippen molar-refractivity contribution in [2.75, 3.05) is 0 Å². The number of hydrogen-bond donors (Lipinski definition) is 0. The summed E-state index contributed by atoms with van der Waals surface area (Å²) in [4.78, 5) is 8.81. The zero-order valence-electron chi connectivity index (χ0n) is 12.1.